The minimum absolute atomic E-state index is 0.0621. The molecule has 1 aromatic heterocycles. The first-order chi connectivity index (χ1) is 8.56. The molecular weight excluding hydrogens is 330 g/mol. The molecule has 5 heteroatoms. The normalized spacial score (nSPS) is 10.4. The van der Waals surface area contributed by atoms with E-state index in [1.54, 1.807) is 17.4 Å². The van der Waals surface area contributed by atoms with Gasteiger partial charge in [0, 0.05) is 15.3 Å². The monoisotopic (exact) mass is 341 g/mol. The highest BCUT2D eigenvalue weighted by atomic mass is 79.9. The fraction of sp³-hybridized carbons (Fsp3) is 0.154. The standard InChI is InChI=1S/C13H12BrNOS2/c1-8-2-3-9(17)6-11(8)13(16)15-7-10-4-5-12(14)18-10/h2-6,17H,7H2,1H3,(H,15,16). The summed E-state index contributed by atoms with van der Waals surface area (Å²) < 4.78 is 1.07. The van der Waals surface area contributed by atoms with Gasteiger partial charge in [0.15, 0.2) is 0 Å². The van der Waals surface area contributed by atoms with Gasteiger partial charge in [0.05, 0.1) is 10.3 Å². The molecule has 94 valence electrons. The van der Waals surface area contributed by atoms with E-state index < -0.39 is 0 Å². The molecule has 1 aromatic carbocycles. The molecule has 0 radical (unpaired) electrons. The highest BCUT2D eigenvalue weighted by molar-refractivity contribution is 9.11. The van der Waals surface area contributed by atoms with Crippen LogP contribution in [0.3, 0.4) is 0 Å². The molecule has 0 spiro atoms. The highest BCUT2D eigenvalue weighted by Crippen LogP contribution is 2.22. The third-order valence-electron chi connectivity index (χ3n) is 2.52. The van der Waals surface area contributed by atoms with Crippen molar-refractivity contribution in [2.24, 2.45) is 0 Å². The second kappa shape index (κ2) is 5.91. The summed E-state index contributed by atoms with van der Waals surface area (Å²) in [6.07, 6.45) is 0. The van der Waals surface area contributed by atoms with Crippen LogP contribution in [0.4, 0.5) is 0 Å². The molecule has 1 N–H and O–H groups in total. The van der Waals surface area contributed by atoms with Crippen molar-refractivity contribution in [3.8, 4) is 0 Å². The van der Waals surface area contributed by atoms with Crippen LogP contribution in [-0.2, 0) is 6.54 Å². The van der Waals surface area contributed by atoms with Gasteiger partial charge in [0.1, 0.15) is 0 Å². The van der Waals surface area contributed by atoms with E-state index >= 15 is 0 Å². The number of carbonyl (C=O) groups excluding carboxylic acids is 1. The number of nitrogens with one attached hydrogen (secondary N) is 1. The van der Waals surface area contributed by atoms with Crippen LogP contribution in [-0.4, -0.2) is 5.91 Å². The van der Waals surface area contributed by atoms with E-state index in [9.17, 15) is 4.79 Å². The largest absolute Gasteiger partial charge is 0.347 e. The van der Waals surface area contributed by atoms with Crippen molar-refractivity contribution in [1.29, 1.82) is 0 Å². The SMILES string of the molecule is Cc1ccc(S)cc1C(=O)NCc1ccc(Br)s1. The lowest BCUT2D eigenvalue weighted by Crippen LogP contribution is -2.23. The third kappa shape index (κ3) is 3.37. The van der Waals surface area contributed by atoms with Crippen molar-refractivity contribution in [1.82, 2.24) is 5.32 Å². The van der Waals surface area contributed by atoms with Crippen LogP contribution >= 0.6 is 39.9 Å². The second-order valence-corrected chi connectivity index (χ2v) is 6.95. The van der Waals surface area contributed by atoms with Gasteiger partial charge in [0.2, 0.25) is 0 Å². The summed E-state index contributed by atoms with van der Waals surface area (Å²) in [4.78, 5) is 14.0. The maximum atomic E-state index is 12.0. The topological polar surface area (TPSA) is 29.1 Å². The van der Waals surface area contributed by atoms with Crippen molar-refractivity contribution in [3.05, 3.63) is 50.1 Å². The first-order valence-electron chi connectivity index (χ1n) is 5.38. The number of aryl methyl sites for hydroxylation is 1. The van der Waals surface area contributed by atoms with Crippen LogP contribution in [0.25, 0.3) is 0 Å². The summed E-state index contributed by atoms with van der Waals surface area (Å²) in [6, 6.07) is 9.55. The predicted octanol–water partition coefficient (Wildman–Crippen LogP) is 4.04. The Kier molecular flexibility index (Phi) is 4.48. The minimum Gasteiger partial charge on any atom is -0.347 e. The summed E-state index contributed by atoms with van der Waals surface area (Å²) in [5.41, 5.74) is 1.63. The van der Waals surface area contributed by atoms with Gasteiger partial charge in [-0.25, -0.2) is 0 Å². The molecule has 0 atom stereocenters. The van der Waals surface area contributed by atoms with Crippen LogP contribution in [0.15, 0.2) is 39.0 Å². The zero-order valence-corrected chi connectivity index (χ0v) is 13.0. The van der Waals surface area contributed by atoms with Gasteiger partial charge >= 0.3 is 0 Å². The lowest BCUT2D eigenvalue weighted by molar-refractivity contribution is 0.0950. The van der Waals surface area contributed by atoms with Crippen LogP contribution in [0.2, 0.25) is 0 Å². The molecule has 2 aromatic rings. The molecule has 1 heterocycles. The number of thiophene rings is 1. The molecule has 0 aliphatic rings. The Bertz CT molecular complexity index is 580. The summed E-state index contributed by atoms with van der Waals surface area (Å²) in [5, 5.41) is 2.91. The van der Waals surface area contributed by atoms with Crippen molar-refractivity contribution >= 4 is 45.8 Å². The van der Waals surface area contributed by atoms with Gasteiger partial charge in [0.25, 0.3) is 5.91 Å². The van der Waals surface area contributed by atoms with E-state index in [1.165, 1.54) is 0 Å². The first kappa shape index (κ1) is 13.6. The molecule has 0 saturated heterocycles. The Morgan fingerprint density at radius 1 is 1.39 bits per heavy atom. The van der Waals surface area contributed by atoms with E-state index in [0.29, 0.717) is 12.1 Å². The number of carbonyl (C=O) groups is 1. The van der Waals surface area contributed by atoms with Crippen molar-refractivity contribution in [2.45, 2.75) is 18.4 Å². The van der Waals surface area contributed by atoms with Crippen molar-refractivity contribution < 1.29 is 4.79 Å². The van der Waals surface area contributed by atoms with Gasteiger partial charge in [-0.2, -0.15) is 0 Å². The Morgan fingerprint density at radius 3 is 2.83 bits per heavy atom. The molecular formula is C13H12BrNOS2. The molecule has 0 fully saturated rings. The van der Waals surface area contributed by atoms with Gasteiger partial charge < -0.3 is 5.32 Å². The van der Waals surface area contributed by atoms with E-state index in [0.717, 1.165) is 19.1 Å². The van der Waals surface area contributed by atoms with E-state index in [1.807, 2.05) is 31.2 Å². The molecule has 0 bridgehead atoms. The van der Waals surface area contributed by atoms with Gasteiger partial charge in [-0.15, -0.1) is 24.0 Å². The van der Waals surface area contributed by atoms with Crippen LogP contribution in [0.5, 0.6) is 0 Å². The number of halogens is 1. The molecule has 1 amide bonds. The zero-order valence-electron chi connectivity index (χ0n) is 9.74. The maximum Gasteiger partial charge on any atom is 0.251 e. The summed E-state index contributed by atoms with van der Waals surface area (Å²) >= 11 is 9.27. The lowest BCUT2D eigenvalue weighted by Gasteiger charge is -2.07. The molecule has 0 saturated carbocycles. The summed E-state index contributed by atoms with van der Waals surface area (Å²) in [5.74, 6) is -0.0621. The molecule has 0 unspecified atom stereocenters. The summed E-state index contributed by atoms with van der Waals surface area (Å²) in [7, 11) is 0. The average Bonchev–Trinajstić information content (AvgIpc) is 2.75. The average molecular weight is 342 g/mol. The third-order valence-corrected chi connectivity index (χ3v) is 4.42. The van der Waals surface area contributed by atoms with Crippen molar-refractivity contribution in [3.63, 3.8) is 0 Å². The first-order valence-corrected chi connectivity index (χ1v) is 7.44. The molecule has 0 aliphatic heterocycles. The minimum atomic E-state index is -0.0621. The molecule has 2 nitrogen and oxygen atoms in total. The van der Waals surface area contributed by atoms with Crippen molar-refractivity contribution in [2.75, 3.05) is 0 Å². The van der Waals surface area contributed by atoms with Gasteiger partial charge in [-0.05, 0) is 52.7 Å². The van der Waals surface area contributed by atoms with Crippen LogP contribution in [0, 0.1) is 6.92 Å². The quantitative estimate of drug-likeness (QED) is 0.810. The number of amides is 1. The predicted molar refractivity (Wildman–Crippen MR) is 81.6 cm³/mol. The molecule has 18 heavy (non-hydrogen) atoms. The van der Waals surface area contributed by atoms with Gasteiger partial charge in [-0.3, -0.25) is 4.79 Å². The zero-order chi connectivity index (χ0) is 13.1. The number of thiol groups is 1. The fourth-order valence-corrected chi connectivity index (χ4v) is 3.19. The highest BCUT2D eigenvalue weighted by Gasteiger charge is 2.09. The number of hydrogen-bond donors (Lipinski definition) is 2. The van der Waals surface area contributed by atoms with Crippen LogP contribution in [0.1, 0.15) is 20.8 Å². The number of hydrogen-bond acceptors (Lipinski definition) is 3. The summed E-state index contributed by atoms with van der Waals surface area (Å²) in [6.45, 7) is 2.47. The van der Waals surface area contributed by atoms with E-state index in [4.69, 9.17) is 0 Å². The van der Waals surface area contributed by atoms with Crippen LogP contribution < -0.4 is 5.32 Å². The Labute approximate surface area is 124 Å². The Hall–Kier alpha value is -0.780. The van der Waals surface area contributed by atoms with Gasteiger partial charge in [-0.1, -0.05) is 6.07 Å². The smallest absolute Gasteiger partial charge is 0.251 e. The number of rotatable bonds is 3. The fourth-order valence-electron chi connectivity index (χ4n) is 1.56. The number of benzene rings is 1. The molecule has 0 aliphatic carbocycles. The van der Waals surface area contributed by atoms with E-state index in [2.05, 4.69) is 33.9 Å². The van der Waals surface area contributed by atoms with E-state index in [-0.39, 0.29) is 5.91 Å². The lowest BCUT2D eigenvalue weighted by atomic mass is 10.1. The maximum absolute atomic E-state index is 12.0. The molecule has 2 rings (SSSR count). The second-order valence-electron chi connectivity index (χ2n) is 3.89. The Balaban J connectivity index is 2.05. The Morgan fingerprint density at radius 2 is 2.17 bits per heavy atom.